The smallest absolute Gasteiger partial charge is 0.349 e. The number of hydrogen-bond donors (Lipinski definition) is 4. The predicted molar refractivity (Wildman–Crippen MR) is 126 cm³/mol. The van der Waals surface area contributed by atoms with E-state index in [0.29, 0.717) is 30.2 Å². The Morgan fingerprint density at radius 2 is 1.97 bits per heavy atom. The van der Waals surface area contributed by atoms with Gasteiger partial charge < -0.3 is 15.5 Å². The van der Waals surface area contributed by atoms with Gasteiger partial charge in [0.1, 0.15) is 11.1 Å². The zero-order valence-corrected chi connectivity index (χ0v) is 19.2. The van der Waals surface area contributed by atoms with Gasteiger partial charge >= 0.3 is 5.63 Å². The quantitative estimate of drug-likeness (QED) is 0.0888. The third kappa shape index (κ3) is 6.77. The largest absolute Gasteiger partial charge is 0.422 e. The Labute approximate surface area is 196 Å². The molecule has 0 radical (unpaired) electrons. The van der Waals surface area contributed by atoms with Crippen LogP contribution in [0, 0.1) is 15.5 Å². The normalized spacial score (nSPS) is 12.5. The summed E-state index contributed by atoms with van der Waals surface area (Å²) in [5.74, 6) is -1.93. The second-order valence-corrected chi connectivity index (χ2v) is 7.77. The maximum absolute atomic E-state index is 13.5. The minimum absolute atomic E-state index is 0.00123. The van der Waals surface area contributed by atoms with Crippen molar-refractivity contribution in [3.63, 3.8) is 0 Å². The first-order valence-corrected chi connectivity index (χ1v) is 11.1. The molecule has 0 saturated carbocycles. The van der Waals surface area contributed by atoms with Gasteiger partial charge in [-0.25, -0.2) is 14.9 Å². The van der Waals surface area contributed by atoms with E-state index >= 15 is 0 Å². The molecule has 34 heavy (non-hydrogen) atoms. The maximum Gasteiger partial charge on any atom is 0.349 e. The van der Waals surface area contributed by atoms with Crippen molar-refractivity contribution in [1.82, 2.24) is 15.6 Å². The number of nitro groups is 1. The standard InChI is InChI=1S/C22H30N6O6/c1-3-8-15(4-2)27(20(30)17(26-28(32)33)10-7-12-25-22(23)24)19(29)16-13-14-9-5-6-11-18(14)34-21(16)31/h5-6,9,11,13,15,17,26H,3-4,7-8,10,12H2,1-2H3,(H4,23,24,25)/t15?,17-/m0/s1. The molecule has 0 aliphatic carbocycles. The molecule has 2 aromatic rings. The number of nitrogens with two attached hydrogens (primary N) is 1. The van der Waals surface area contributed by atoms with E-state index in [1.165, 1.54) is 6.07 Å². The van der Waals surface area contributed by atoms with Gasteiger partial charge in [-0.3, -0.25) is 19.9 Å². The lowest BCUT2D eigenvalue weighted by Crippen LogP contribution is -2.54. The number of amides is 2. The number of carbonyl (C=O) groups is 2. The van der Waals surface area contributed by atoms with Crippen LogP contribution in [0.5, 0.6) is 0 Å². The van der Waals surface area contributed by atoms with Crippen LogP contribution < -0.4 is 22.1 Å². The van der Waals surface area contributed by atoms with Gasteiger partial charge in [0.25, 0.3) is 11.8 Å². The topological polar surface area (TPSA) is 185 Å². The summed E-state index contributed by atoms with van der Waals surface area (Å²) in [6, 6.07) is 6.14. The third-order valence-electron chi connectivity index (χ3n) is 5.33. The molecule has 5 N–H and O–H groups in total. The van der Waals surface area contributed by atoms with E-state index in [0.717, 1.165) is 4.90 Å². The number of nitrogens with one attached hydrogen (secondary N) is 3. The van der Waals surface area contributed by atoms with E-state index in [4.69, 9.17) is 15.6 Å². The van der Waals surface area contributed by atoms with E-state index in [1.807, 2.05) is 12.3 Å². The summed E-state index contributed by atoms with van der Waals surface area (Å²) in [4.78, 5) is 51.8. The van der Waals surface area contributed by atoms with Crippen LogP contribution in [0.25, 0.3) is 11.0 Å². The van der Waals surface area contributed by atoms with Gasteiger partial charge in [-0.1, -0.05) is 38.5 Å². The molecule has 0 aliphatic rings. The van der Waals surface area contributed by atoms with Crippen molar-refractivity contribution in [2.24, 2.45) is 5.73 Å². The van der Waals surface area contributed by atoms with Crippen LogP contribution in [0.2, 0.25) is 0 Å². The van der Waals surface area contributed by atoms with Crippen LogP contribution in [0.1, 0.15) is 56.3 Å². The third-order valence-corrected chi connectivity index (χ3v) is 5.33. The van der Waals surface area contributed by atoms with E-state index in [9.17, 15) is 24.5 Å². The van der Waals surface area contributed by atoms with Crippen LogP contribution in [-0.2, 0) is 4.79 Å². The molecule has 0 fully saturated rings. The van der Waals surface area contributed by atoms with Gasteiger partial charge in [0, 0.05) is 18.0 Å². The summed E-state index contributed by atoms with van der Waals surface area (Å²) in [5, 5.41) is 20.6. The summed E-state index contributed by atoms with van der Waals surface area (Å²) < 4.78 is 5.27. The molecular weight excluding hydrogens is 444 g/mol. The molecule has 1 heterocycles. The second kappa shape index (κ2) is 12.3. The summed E-state index contributed by atoms with van der Waals surface area (Å²) in [6.45, 7) is 3.90. The lowest BCUT2D eigenvalue weighted by atomic mass is 10.0. The van der Waals surface area contributed by atoms with Crippen LogP contribution >= 0.6 is 0 Å². The first-order valence-electron chi connectivity index (χ1n) is 11.1. The molecule has 0 saturated heterocycles. The molecule has 12 heteroatoms. The second-order valence-electron chi connectivity index (χ2n) is 7.77. The minimum Gasteiger partial charge on any atom is -0.422 e. The van der Waals surface area contributed by atoms with Crippen LogP contribution in [-0.4, -0.2) is 46.3 Å². The predicted octanol–water partition coefficient (Wildman–Crippen LogP) is 1.75. The first kappa shape index (κ1) is 26.3. The molecule has 12 nitrogen and oxygen atoms in total. The molecule has 184 valence electrons. The molecule has 2 atom stereocenters. The van der Waals surface area contributed by atoms with Gasteiger partial charge in [0.05, 0.1) is 0 Å². The number of nitrogens with zero attached hydrogens (tertiary/aromatic N) is 2. The highest BCUT2D eigenvalue weighted by Gasteiger charge is 2.37. The van der Waals surface area contributed by atoms with Crippen molar-refractivity contribution in [2.45, 2.75) is 58.0 Å². The van der Waals surface area contributed by atoms with Crippen molar-refractivity contribution in [3.05, 3.63) is 56.4 Å². The Balaban J connectivity index is 2.45. The molecule has 2 amide bonds. The van der Waals surface area contributed by atoms with Crippen molar-refractivity contribution in [2.75, 3.05) is 6.54 Å². The zero-order valence-electron chi connectivity index (χ0n) is 19.2. The Morgan fingerprint density at radius 3 is 2.59 bits per heavy atom. The average molecular weight is 475 g/mol. The fourth-order valence-corrected chi connectivity index (χ4v) is 3.70. The number of fused-ring (bicyclic) bond motifs is 1. The number of carbonyl (C=O) groups excluding carboxylic acids is 2. The maximum atomic E-state index is 13.5. The summed E-state index contributed by atoms with van der Waals surface area (Å²) in [7, 11) is 0. The Kier molecular flexibility index (Phi) is 9.53. The van der Waals surface area contributed by atoms with Crippen molar-refractivity contribution >= 4 is 28.7 Å². The molecule has 0 bridgehead atoms. The first-order chi connectivity index (χ1) is 16.2. The van der Waals surface area contributed by atoms with Crippen molar-refractivity contribution in [1.29, 1.82) is 5.41 Å². The highest BCUT2D eigenvalue weighted by atomic mass is 16.7. The Morgan fingerprint density at radius 1 is 1.26 bits per heavy atom. The SMILES string of the molecule is CCCC(CC)N(C(=O)c1cc2ccccc2oc1=O)C(=O)[C@H](CCCNC(=N)N)N[N+](=O)[O-]. The lowest BCUT2D eigenvalue weighted by molar-refractivity contribution is -0.548. The van der Waals surface area contributed by atoms with Gasteiger partial charge in [0.15, 0.2) is 17.0 Å². The van der Waals surface area contributed by atoms with Gasteiger partial charge in [-0.2, -0.15) is 0 Å². The Hall–Kier alpha value is -3.96. The number of benzene rings is 1. The fourth-order valence-electron chi connectivity index (χ4n) is 3.70. The minimum atomic E-state index is -1.33. The van der Waals surface area contributed by atoms with Crippen LogP contribution in [0.4, 0.5) is 0 Å². The number of hydrazine groups is 1. The van der Waals surface area contributed by atoms with Gasteiger partial charge in [0.2, 0.25) is 0 Å². The average Bonchev–Trinajstić information content (AvgIpc) is 2.79. The molecule has 0 aliphatic heterocycles. The number of rotatable bonds is 12. The fraction of sp³-hybridized carbons (Fsp3) is 0.455. The van der Waals surface area contributed by atoms with E-state index in [-0.39, 0.29) is 30.9 Å². The molecule has 0 spiro atoms. The highest BCUT2D eigenvalue weighted by Crippen LogP contribution is 2.20. The lowest BCUT2D eigenvalue weighted by Gasteiger charge is -2.31. The van der Waals surface area contributed by atoms with E-state index < -0.39 is 34.6 Å². The van der Waals surface area contributed by atoms with Crippen molar-refractivity contribution < 1.29 is 19.0 Å². The summed E-state index contributed by atoms with van der Waals surface area (Å²) in [5.41, 5.74) is 6.31. The zero-order chi connectivity index (χ0) is 25.3. The number of imide groups is 1. The molecule has 1 aromatic carbocycles. The number of guanidine groups is 1. The highest BCUT2D eigenvalue weighted by molar-refractivity contribution is 6.07. The molecule has 1 aromatic heterocycles. The van der Waals surface area contributed by atoms with Crippen LogP contribution in [0.3, 0.4) is 0 Å². The molecular formula is C22H30N6O6. The Bertz CT molecular complexity index is 1100. The summed E-state index contributed by atoms with van der Waals surface area (Å²) >= 11 is 0. The summed E-state index contributed by atoms with van der Waals surface area (Å²) in [6.07, 6.45) is 1.78. The van der Waals surface area contributed by atoms with Gasteiger partial charge in [-0.05, 0) is 37.8 Å². The van der Waals surface area contributed by atoms with Crippen molar-refractivity contribution in [3.8, 4) is 0 Å². The number of para-hydroxylation sites is 1. The molecule has 2 rings (SSSR count). The number of hydrogen-bond acceptors (Lipinski definition) is 7. The molecule has 1 unspecified atom stereocenters. The van der Waals surface area contributed by atoms with E-state index in [1.54, 1.807) is 31.2 Å². The van der Waals surface area contributed by atoms with E-state index in [2.05, 4.69) is 5.32 Å². The monoisotopic (exact) mass is 474 g/mol. The van der Waals surface area contributed by atoms with Gasteiger partial charge in [-0.15, -0.1) is 5.43 Å². The van der Waals surface area contributed by atoms with Crippen LogP contribution in [0.15, 0.2) is 39.5 Å².